The van der Waals surface area contributed by atoms with Crippen LogP contribution in [0.2, 0.25) is 18.1 Å². The summed E-state index contributed by atoms with van der Waals surface area (Å²) in [6, 6.07) is 24.1. The molecule has 1 unspecified atom stereocenters. The van der Waals surface area contributed by atoms with E-state index in [2.05, 4.69) is 56.4 Å². The third kappa shape index (κ3) is 7.28. The summed E-state index contributed by atoms with van der Waals surface area (Å²) in [7, 11) is -2.01. The molecule has 0 N–H and O–H groups in total. The molecule has 5 heteroatoms. The van der Waals surface area contributed by atoms with E-state index in [1.54, 1.807) is 6.08 Å². The van der Waals surface area contributed by atoms with Gasteiger partial charge < -0.3 is 9.16 Å². The van der Waals surface area contributed by atoms with Gasteiger partial charge in [-0.25, -0.2) is 0 Å². The Bertz CT molecular complexity index is 1160. The summed E-state index contributed by atoms with van der Waals surface area (Å²) in [5.41, 5.74) is 4.00. The highest BCUT2D eigenvalue weighted by Crippen LogP contribution is 2.39. The van der Waals surface area contributed by atoms with Crippen LogP contribution in [0, 0.1) is 0 Å². The minimum Gasteiger partial charge on any atom is -0.489 e. The molecular weight excluding hydrogens is 528 g/mol. The number of hydrogen-bond acceptors (Lipinski definition) is 3. The van der Waals surface area contributed by atoms with Crippen molar-refractivity contribution in [2.24, 2.45) is 0 Å². The monoisotopic (exact) mass is 564 g/mol. The lowest BCUT2D eigenvalue weighted by Gasteiger charge is -2.36. The summed E-state index contributed by atoms with van der Waals surface area (Å²) in [5.74, 6) is 0.471. The van der Waals surface area contributed by atoms with Gasteiger partial charge in [-0.3, -0.25) is 4.79 Å². The number of halogens is 1. The fourth-order valence-corrected chi connectivity index (χ4v) is 4.96. The van der Waals surface area contributed by atoms with Crippen molar-refractivity contribution in [2.45, 2.75) is 64.5 Å². The topological polar surface area (TPSA) is 35.5 Å². The molecule has 0 saturated heterocycles. The standard InChI is InChI=1S/C31H37BrO3Si/c1-7-11-29(33)30(24-14-16-26(32)17-15-24)28-19-18-27(34-21-23-12-9-8-10-13-23)20-25(28)22-35-36(5,6)31(2,3)4/h7-10,12-20,30H,1,11,21-22H2,2-6H3. The molecule has 1 atom stereocenters. The smallest absolute Gasteiger partial charge is 0.192 e. The predicted molar refractivity (Wildman–Crippen MR) is 155 cm³/mol. The van der Waals surface area contributed by atoms with Crippen molar-refractivity contribution in [3.05, 3.63) is 112 Å². The van der Waals surface area contributed by atoms with E-state index in [9.17, 15) is 4.79 Å². The van der Waals surface area contributed by atoms with Gasteiger partial charge in [-0.1, -0.05) is 91.3 Å². The maximum absolute atomic E-state index is 13.4. The zero-order chi connectivity index (χ0) is 26.3. The normalized spacial score (nSPS) is 12.7. The van der Waals surface area contributed by atoms with Crippen LogP contribution < -0.4 is 4.74 Å². The molecule has 36 heavy (non-hydrogen) atoms. The Kier molecular flexibility index (Phi) is 9.51. The van der Waals surface area contributed by atoms with Gasteiger partial charge in [0.2, 0.25) is 0 Å². The number of Topliss-reactive ketones (excluding diaryl/α,β-unsaturated/α-hetero) is 1. The summed E-state index contributed by atoms with van der Waals surface area (Å²) in [5, 5.41) is 0.0817. The molecule has 0 aliphatic heterocycles. The lowest BCUT2D eigenvalue weighted by atomic mass is 9.84. The van der Waals surface area contributed by atoms with Crippen LogP contribution in [0.4, 0.5) is 0 Å². The van der Waals surface area contributed by atoms with Crippen molar-refractivity contribution in [1.82, 2.24) is 0 Å². The van der Waals surface area contributed by atoms with Gasteiger partial charge >= 0.3 is 0 Å². The van der Waals surface area contributed by atoms with Crippen molar-refractivity contribution >= 4 is 30.0 Å². The van der Waals surface area contributed by atoms with E-state index in [1.165, 1.54) is 0 Å². The molecule has 0 aliphatic carbocycles. The molecule has 3 rings (SSSR count). The van der Waals surface area contributed by atoms with Crippen LogP contribution >= 0.6 is 15.9 Å². The zero-order valence-corrected chi connectivity index (χ0v) is 24.6. The summed E-state index contributed by atoms with van der Waals surface area (Å²) >= 11 is 3.51. The van der Waals surface area contributed by atoms with E-state index < -0.39 is 14.2 Å². The maximum atomic E-state index is 13.4. The van der Waals surface area contributed by atoms with E-state index in [0.29, 0.717) is 19.6 Å². The zero-order valence-electron chi connectivity index (χ0n) is 22.0. The minimum atomic E-state index is -2.01. The molecule has 190 valence electrons. The van der Waals surface area contributed by atoms with Crippen LogP contribution in [-0.4, -0.2) is 14.1 Å². The third-order valence-corrected chi connectivity index (χ3v) is 11.9. The first-order valence-electron chi connectivity index (χ1n) is 12.3. The number of benzene rings is 3. The van der Waals surface area contributed by atoms with Gasteiger partial charge in [0.25, 0.3) is 0 Å². The first kappa shape index (κ1) is 28.1. The van der Waals surface area contributed by atoms with Crippen LogP contribution in [0.25, 0.3) is 0 Å². The highest BCUT2D eigenvalue weighted by atomic mass is 79.9. The Morgan fingerprint density at radius 3 is 2.28 bits per heavy atom. The Morgan fingerprint density at radius 1 is 1.00 bits per heavy atom. The molecule has 0 bridgehead atoms. The van der Waals surface area contributed by atoms with Gasteiger partial charge in [0.15, 0.2) is 8.32 Å². The lowest BCUT2D eigenvalue weighted by Crippen LogP contribution is -2.40. The largest absolute Gasteiger partial charge is 0.489 e. The van der Waals surface area contributed by atoms with E-state index in [1.807, 2.05) is 72.8 Å². The SMILES string of the molecule is C=CCC(=O)C(c1ccc(Br)cc1)c1ccc(OCc2ccccc2)cc1CO[Si](C)(C)C(C)(C)C. The van der Waals surface area contributed by atoms with Gasteiger partial charge in [-0.2, -0.15) is 0 Å². The molecule has 0 spiro atoms. The number of ether oxygens (including phenoxy) is 1. The summed E-state index contributed by atoms with van der Waals surface area (Å²) < 4.78 is 13.8. The van der Waals surface area contributed by atoms with Crippen molar-refractivity contribution < 1.29 is 14.0 Å². The second-order valence-electron chi connectivity index (χ2n) is 10.6. The molecule has 0 aliphatic rings. The predicted octanol–water partition coefficient (Wildman–Crippen LogP) is 8.83. The highest BCUT2D eigenvalue weighted by molar-refractivity contribution is 9.10. The first-order valence-corrected chi connectivity index (χ1v) is 16.0. The number of rotatable bonds is 11. The molecule has 0 fully saturated rings. The summed E-state index contributed by atoms with van der Waals surface area (Å²) in [4.78, 5) is 13.4. The number of allylic oxidation sites excluding steroid dienone is 1. The van der Waals surface area contributed by atoms with Gasteiger partial charge in [0.1, 0.15) is 18.1 Å². The molecule has 3 nitrogen and oxygen atoms in total. The van der Waals surface area contributed by atoms with Crippen molar-refractivity contribution in [1.29, 1.82) is 0 Å². The fourth-order valence-electron chi connectivity index (χ4n) is 3.75. The van der Waals surface area contributed by atoms with Crippen molar-refractivity contribution in [3.63, 3.8) is 0 Å². The second kappa shape index (κ2) is 12.2. The molecule has 3 aromatic carbocycles. The number of carbonyl (C=O) groups is 1. The van der Waals surface area contributed by atoms with E-state index in [-0.39, 0.29) is 10.8 Å². The molecule has 0 heterocycles. The number of hydrogen-bond donors (Lipinski definition) is 0. The molecule has 0 aromatic heterocycles. The minimum absolute atomic E-state index is 0.0817. The fraction of sp³-hybridized carbons (Fsp3) is 0.323. The Labute approximate surface area is 225 Å². The van der Waals surface area contributed by atoms with Gasteiger partial charge in [-0.05, 0) is 64.7 Å². The quantitative estimate of drug-likeness (QED) is 0.172. The molecule has 0 amide bonds. The number of ketones is 1. The van der Waals surface area contributed by atoms with Gasteiger partial charge in [0.05, 0.1) is 12.5 Å². The average Bonchev–Trinajstić information content (AvgIpc) is 2.84. The Balaban J connectivity index is 2.02. The number of carbonyl (C=O) groups excluding carboxylic acids is 1. The van der Waals surface area contributed by atoms with Crippen molar-refractivity contribution in [2.75, 3.05) is 0 Å². The van der Waals surface area contributed by atoms with E-state index in [0.717, 1.165) is 32.5 Å². The molecule has 0 radical (unpaired) electrons. The maximum Gasteiger partial charge on any atom is 0.192 e. The molecule has 0 saturated carbocycles. The third-order valence-electron chi connectivity index (χ3n) is 6.94. The Morgan fingerprint density at radius 2 is 1.67 bits per heavy atom. The second-order valence-corrected chi connectivity index (χ2v) is 16.4. The highest BCUT2D eigenvalue weighted by Gasteiger charge is 2.37. The van der Waals surface area contributed by atoms with Gasteiger partial charge in [0, 0.05) is 10.9 Å². The summed E-state index contributed by atoms with van der Waals surface area (Å²) in [6.45, 7) is 15.9. The van der Waals surface area contributed by atoms with Crippen LogP contribution in [0.1, 0.15) is 55.4 Å². The Hall–Kier alpha value is -2.47. The average molecular weight is 566 g/mol. The van der Waals surface area contributed by atoms with Crippen LogP contribution in [0.5, 0.6) is 5.75 Å². The molecule has 3 aromatic rings. The van der Waals surface area contributed by atoms with E-state index in [4.69, 9.17) is 9.16 Å². The lowest BCUT2D eigenvalue weighted by molar-refractivity contribution is -0.118. The van der Waals surface area contributed by atoms with Crippen LogP contribution in [0.15, 0.2) is 89.9 Å². The van der Waals surface area contributed by atoms with Crippen molar-refractivity contribution in [3.8, 4) is 5.75 Å². The first-order chi connectivity index (χ1) is 17.0. The van der Waals surface area contributed by atoms with Gasteiger partial charge in [-0.15, -0.1) is 6.58 Å². The van der Waals surface area contributed by atoms with E-state index >= 15 is 0 Å². The van der Waals surface area contributed by atoms with Crippen LogP contribution in [-0.2, 0) is 22.4 Å². The summed E-state index contributed by atoms with van der Waals surface area (Å²) in [6.07, 6.45) is 1.98. The molecular formula is C31H37BrO3Si. The van der Waals surface area contributed by atoms with Crippen LogP contribution in [0.3, 0.4) is 0 Å².